The van der Waals surface area contributed by atoms with E-state index in [-0.39, 0.29) is 5.41 Å². The Labute approximate surface area is 119 Å². The largest absolute Gasteiger partial charge is 0.383 e. The van der Waals surface area contributed by atoms with Crippen molar-refractivity contribution in [3.05, 3.63) is 41.5 Å². The highest BCUT2D eigenvalue weighted by Crippen LogP contribution is 2.40. The molecule has 0 saturated heterocycles. The van der Waals surface area contributed by atoms with Gasteiger partial charge in [0.1, 0.15) is 0 Å². The molecule has 1 aliphatic heterocycles. The van der Waals surface area contributed by atoms with Gasteiger partial charge in [-0.15, -0.1) is 0 Å². The van der Waals surface area contributed by atoms with Gasteiger partial charge < -0.3 is 14.3 Å². The fourth-order valence-corrected chi connectivity index (χ4v) is 2.63. The quantitative estimate of drug-likeness (QED) is 0.869. The van der Waals surface area contributed by atoms with Crippen LogP contribution in [0, 0.1) is 0 Å². The zero-order valence-electron chi connectivity index (χ0n) is 12.5. The SMILES string of the molecule is CC1(c2noc(C[N+](C)(C)C)n2)CNc2ccccc21. The molecule has 3 rings (SSSR count). The molecule has 1 N–H and O–H groups in total. The summed E-state index contributed by atoms with van der Waals surface area (Å²) in [6.45, 7) is 3.69. The Morgan fingerprint density at radius 1 is 1.30 bits per heavy atom. The van der Waals surface area contributed by atoms with Gasteiger partial charge in [-0.2, -0.15) is 4.98 Å². The van der Waals surface area contributed by atoms with Gasteiger partial charge in [-0.1, -0.05) is 23.4 Å². The lowest BCUT2D eigenvalue weighted by Gasteiger charge is -2.21. The predicted octanol–water partition coefficient (Wildman–Crippen LogP) is 2.01. The van der Waals surface area contributed by atoms with Crippen molar-refractivity contribution < 1.29 is 9.01 Å². The number of rotatable bonds is 3. The molecule has 2 heterocycles. The molecule has 106 valence electrons. The summed E-state index contributed by atoms with van der Waals surface area (Å²) >= 11 is 0. The maximum absolute atomic E-state index is 5.43. The van der Waals surface area contributed by atoms with E-state index in [4.69, 9.17) is 4.52 Å². The van der Waals surface area contributed by atoms with Crippen LogP contribution in [0.1, 0.15) is 24.2 Å². The average molecular weight is 273 g/mol. The highest BCUT2D eigenvalue weighted by molar-refractivity contribution is 5.62. The number of aromatic nitrogens is 2. The Morgan fingerprint density at radius 2 is 2.05 bits per heavy atom. The van der Waals surface area contributed by atoms with Crippen LogP contribution in [0.2, 0.25) is 0 Å². The van der Waals surface area contributed by atoms with Crippen LogP contribution in [0.3, 0.4) is 0 Å². The highest BCUT2D eigenvalue weighted by Gasteiger charge is 2.40. The van der Waals surface area contributed by atoms with Crippen LogP contribution >= 0.6 is 0 Å². The van der Waals surface area contributed by atoms with Crippen LogP contribution in [-0.4, -0.2) is 42.3 Å². The summed E-state index contributed by atoms with van der Waals surface area (Å²) in [5.41, 5.74) is 2.18. The maximum atomic E-state index is 5.43. The Bertz CT molecular complexity index is 629. The molecule has 1 aromatic heterocycles. The van der Waals surface area contributed by atoms with Crippen LogP contribution < -0.4 is 5.32 Å². The number of para-hydroxylation sites is 1. The first-order valence-electron chi connectivity index (χ1n) is 6.85. The van der Waals surface area contributed by atoms with E-state index in [2.05, 4.69) is 61.7 Å². The summed E-state index contributed by atoms with van der Waals surface area (Å²) in [5.74, 6) is 1.46. The summed E-state index contributed by atoms with van der Waals surface area (Å²) in [7, 11) is 6.33. The normalized spacial score (nSPS) is 21.6. The smallest absolute Gasteiger partial charge is 0.281 e. The van der Waals surface area contributed by atoms with Gasteiger partial charge in [-0.3, -0.25) is 0 Å². The van der Waals surface area contributed by atoms with E-state index in [0.717, 1.165) is 29.1 Å². The van der Waals surface area contributed by atoms with Gasteiger partial charge in [0, 0.05) is 12.2 Å². The van der Waals surface area contributed by atoms with Gasteiger partial charge in [0.15, 0.2) is 12.4 Å². The van der Waals surface area contributed by atoms with Crippen LogP contribution in [0.25, 0.3) is 0 Å². The van der Waals surface area contributed by atoms with Gasteiger partial charge in [-0.05, 0) is 18.6 Å². The van der Waals surface area contributed by atoms with Gasteiger partial charge in [0.2, 0.25) is 0 Å². The second kappa shape index (κ2) is 4.31. The molecule has 0 spiro atoms. The first kappa shape index (κ1) is 13.1. The molecule has 0 saturated carbocycles. The Balaban J connectivity index is 1.94. The number of benzene rings is 1. The van der Waals surface area contributed by atoms with E-state index < -0.39 is 0 Å². The van der Waals surface area contributed by atoms with E-state index in [1.807, 2.05) is 6.07 Å². The van der Waals surface area contributed by atoms with E-state index in [1.165, 1.54) is 5.56 Å². The minimum Gasteiger partial charge on any atom is -0.383 e. The van der Waals surface area contributed by atoms with Crippen molar-refractivity contribution in [1.82, 2.24) is 10.1 Å². The number of hydrogen-bond acceptors (Lipinski definition) is 4. The summed E-state index contributed by atoms with van der Waals surface area (Å²) in [5, 5.41) is 7.64. The second-order valence-corrected chi connectivity index (χ2v) is 6.69. The highest BCUT2D eigenvalue weighted by atomic mass is 16.5. The van der Waals surface area contributed by atoms with Crippen molar-refractivity contribution in [3.63, 3.8) is 0 Å². The van der Waals surface area contributed by atoms with E-state index in [9.17, 15) is 0 Å². The summed E-state index contributed by atoms with van der Waals surface area (Å²) in [6, 6.07) is 8.31. The van der Waals surface area contributed by atoms with E-state index in [1.54, 1.807) is 0 Å². The van der Waals surface area contributed by atoms with Gasteiger partial charge in [0.25, 0.3) is 5.89 Å². The average Bonchev–Trinajstić information content (AvgIpc) is 2.95. The summed E-state index contributed by atoms with van der Waals surface area (Å²) < 4.78 is 6.20. The lowest BCUT2D eigenvalue weighted by molar-refractivity contribution is -0.885. The number of fused-ring (bicyclic) bond motifs is 1. The molecule has 0 amide bonds. The number of quaternary nitrogens is 1. The summed E-state index contributed by atoms with van der Waals surface area (Å²) in [4.78, 5) is 4.61. The third-order valence-corrected chi connectivity index (χ3v) is 3.73. The van der Waals surface area contributed by atoms with Crippen molar-refractivity contribution >= 4 is 5.69 Å². The van der Waals surface area contributed by atoms with Crippen molar-refractivity contribution in [1.29, 1.82) is 0 Å². The minimum absolute atomic E-state index is 0.219. The van der Waals surface area contributed by atoms with Crippen molar-refractivity contribution in [3.8, 4) is 0 Å². The van der Waals surface area contributed by atoms with Crippen molar-refractivity contribution in [2.45, 2.75) is 18.9 Å². The number of nitrogens with one attached hydrogen (secondary N) is 1. The molecule has 1 aromatic carbocycles. The van der Waals surface area contributed by atoms with E-state index in [0.29, 0.717) is 5.89 Å². The molecule has 0 bridgehead atoms. The molecule has 1 unspecified atom stereocenters. The monoisotopic (exact) mass is 273 g/mol. The molecule has 1 aliphatic rings. The van der Waals surface area contributed by atoms with Gasteiger partial charge in [0.05, 0.1) is 26.6 Å². The third-order valence-electron chi connectivity index (χ3n) is 3.73. The fourth-order valence-electron chi connectivity index (χ4n) is 2.63. The number of nitrogens with zero attached hydrogens (tertiary/aromatic N) is 3. The van der Waals surface area contributed by atoms with Crippen LogP contribution in [0.5, 0.6) is 0 Å². The zero-order valence-corrected chi connectivity index (χ0v) is 12.5. The fraction of sp³-hybridized carbons (Fsp3) is 0.467. The molecule has 2 aromatic rings. The first-order chi connectivity index (χ1) is 9.38. The first-order valence-corrected chi connectivity index (χ1v) is 6.85. The topological polar surface area (TPSA) is 51.0 Å². The zero-order chi connectivity index (χ0) is 14.4. The Kier molecular flexibility index (Phi) is 2.83. The third kappa shape index (κ3) is 2.18. The van der Waals surface area contributed by atoms with E-state index >= 15 is 0 Å². The maximum Gasteiger partial charge on any atom is 0.281 e. The second-order valence-electron chi connectivity index (χ2n) is 6.69. The summed E-state index contributed by atoms with van der Waals surface area (Å²) in [6.07, 6.45) is 0. The molecule has 0 fully saturated rings. The minimum atomic E-state index is -0.219. The standard InChI is InChI=1S/C15H21N4O/c1-15(10-16-12-8-6-5-7-11(12)15)14-17-13(20-18-14)9-19(2,3)4/h5-8,16H,9-10H2,1-4H3/q+1. The van der Waals surface area contributed by atoms with Gasteiger partial charge in [-0.25, -0.2) is 0 Å². The van der Waals surface area contributed by atoms with Gasteiger partial charge >= 0.3 is 0 Å². The Hall–Kier alpha value is -1.88. The molecular formula is C15H21N4O+. The number of hydrogen-bond donors (Lipinski definition) is 1. The van der Waals surface area contributed by atoms with Crippen molar-refractivity contribution in [2.75, 3.05) is 33.0 Å². The molecule has 20 heavy (non-hydrogen) atoms. The molecule has 0 radical (unpaired) electrons. The molecule has 5 nitrogen and oxygen atoms in total. The molecule has 5 heteroatoms. The number of anilines is 1. The Morgan fingerprint density at radius 3 is 2.80 bits per heavy atom. The van der Waals surface area contributed by atoms with Crippen LogP contribution in [0.15, 0.2) is 28.8 Å². The molecule has 1 atom stereocenters. The van der Waals surface area contributed by atoms with Crippen LogP contribution in [-0.2, 0) is 12.0 Å². The predicted molar refractivity (Wildman–Crippen MR) is 77.4 cm³/mol. The molecular weight excluding hydrogens is 252 g/mol. The molecule has 0 aliphatic carbocycles. The van der Waals surface area contributed by atoms with Crippen LogP contribution in [0.4, 0.5) is 5.69 Å². The lowest BCUT2D eigenvalue weighted by Crippen LogP contribution is -2.33. The van der Waals surface area contributed by atoms with Crippen molar-refractivity contribution in [2.24, 2.45) is 0 Å². The lowest BCUT2D eigenvalue weighted by atomic mass is 9.84.